The molecule has 1 nitrogen and oxygen atoms in total. The van der Waals surface area contributed by atoms with Gasteiger partial charge < -0.3 is 5.11 Å². The Hall–Kier alpha value is -1.31. The molecule has 18 heavy (non-hydrogen) atoms. The third-order valence-corrected chi connectivity index (χ3v) is 3.64. The molecule has 0 amide bonds. The van der Waals surface area contributed by atoms with Crippen molar-refractivity contribution in [2.75, 3.05) is 0 Å². The first-order valence-corrected chi connectivity index (χ1v) is 6.38. The molecule has 2 aromatic rings. The van der Waals surface area contributed by atoms with Crippen molar-refractivity contribution >= 4 is 11.6 Å². The molecule has 0 aliphatic heterocycles. The summed E-state index contributed by atoms with van der Waals surface area (Å²) in [5.74, 6) is 0. The van der Waals surface area contributed by atoms with Crippen LogP contribution >= 0.6 is 11.6 Å². The van der Waals surface area contributed by atoms with Crippen molar-refractivity contribution in [1.82, 2.24) is 0 Å². The van der Waals surface area contributed by atoms with Gasteiger partial charge in [-0.3, -0.25) is 0 Å². The van der Waals surface area contributed by atoms with Crippen molar-refractivity contribution in [3.8, 4) is 0 Å². The molecule has 0 fully saturated rings. The predicted octanol–water partition coefficient (Wildman–Crippen LogP) is 4.35. The predicted molar refractivity (Wildman–Crippen MR) is 76.2 cm³/mol. The zero-order chi connectivity index (χ0) is 13.3. The summed E-state index contributed by atoms with van der Waals surface area (Å²) in [4.78, 5) is 0. The van der Waals surface area contributed by atoms with Gasteiger partial charge in [-0.2, -0.15) is 0 Å². The molecule has 1 unspecified atom stereocenters. The van der Waals surface area contributed by atoms with Gasteiger partial charge in [0.2, 0.25) is 0 Å². The van der Waals surface area contributed by atoms with Crippen LogP contribution in [0.15, 0.2) is 36.4 Å². The summed E-state index contributed by atoms with van der Waals surface area (Å²) >= 11 is 6.00. The fourth-order valence-electron chi connectivity index (χ4n) is 2.15. The summed E-state index contributed by atoms with van der Waals surface area (Å²) in [6, 6.07) is 11.7. The molecule has 0 bridgehead atoms. The summed E-state index contributed by atoms with van der Waals surface area (Å²) in [6.07, 6.45) is -0.596. The Bertz CT molecular complexity index is 575. The Balaban J connectivity index is 2.41. The molecule has 0 aliphatic rings. The van der Waals surface area contributed by atoms with E-state index in [-0.39, 0.29) is 0 Å². The largest absolute Gasteiger partial charge is 0.384 e. The van der Waals surface area contributed by atoms with E-state index in [2.05, 4.69) is 13.0 Å². The summed E-state index contributed by atoms with van der Waals surface area (Å²) < 4.78 is 0. The highest BCUT2D eigenvalue weighted by atomic mass is 35.5. The van der Waals surface area contributed by atoms with Gasteiger partial charge in [0, 0.05) is 5.02 Å². The van der Waals surface area contributed by atoms with Crippen LogP contribution < -0.4 is 0 Å². The van der Waals surface area contributed by atoms with Crippen LogP contribution in [0.5, 0.6) is 0 Å². The van der Waals surface area contributed by atoms with E-state index in [1.165, 1.54) is 5.56 Å². The fourth-order valence-corrected chi connectivity index (χ4v) is 2.27. The van der Waals surface area contributed by atoms with Crippen molar-refractivity contribution in [2.45, 2.75) is 26.9 Å². The summed E-state index contributed by atoms with van der Waals surface area (Å²) in [7, 11) is 0. The molecular weight excluding hydrogens is 244 g/mol. The molecule has 1 atom stereocenters. The second-order valence-corrected chi connectivity index (χ2v) is 5.18. The van der Waals surface area contributed by atoms with Crippen LogP contribution in [0.2, 0.25) is 5.02 Å². The molecule has 2 aromatic carbocycles. The molecule has 2 heteroatoms. The summed E-state index contributed by atoms with van der Waals surface area (Å²) in [6.45, 7) is 6.02. The van der Waals surface area contributed by atoms with Gasteiger partial charge in [0.05, 0.1) is 0 Å². The maximum atomic E-state index is 10.4. The lowest BCUT2D eigenvalue weighted by atomic mass is 9.95. The lowest BCUT2D eigenvalue weighted by Gasteiger charge is -2.15. The van der Waals surface area contributed by atoms with Gasteiger partial charge in [0.15, 0.2) is 0 Å². The minimum Gasteiger partial charge on any atom is -0.384 e. The normalized spacial score (nSPS) is 12.5. The zero-order valence-electron chi connectivity index (χ0n) is 10.9. The molecule has 0 saturated heterocycles. The molecule has 0 aromatic heterocycles. The topological polar surface area (TPSA) is 20.2 Å². The number of aryl methyl sites for hydroxylation is 3. The van der Waals surface area contributed by atoms with Crippen LogP contribution in [0, 0.1) is 20.8 Å². The van der Waals surface area contributed by atoms with E-state index in [1.807, 2.05) is 44.2 Å². The second-order valence-electron chi connectivity index (χ2n) is 4.77. The first kappa shape index (κ1) is 13.1. The van der Waals surface area contributed by atoms with Crippen LogP contribution in [0.3, 0.4) is 0 Å². The van der Waals surface area contributed by atoms with Crippen molar-refractivity contribution in [2.24, 2.45) is 0 Å². The number of halogens is 1. The van der Waals surface area contributed by atoms with E-state index < -0.39 is 6.10 Å². The Labute approximate surface area is 113 Å². The third kappa shape index (κ3) is 2.58. The third-order valence-electron chi connectivity index (χ3n) is 3.22. The average Bonchev–Trinajstić information content (AvgIpc) is 2.32. The van der Waals surface area contributed by atoms with E-state index in [0.717, 1.165) is 27.3 Å². The van der Waals surface area contributed by atoms with E-state index >= 15 is 0 Å². The number of aliphatic hydroxyl groups excluding tert-OH is 1. The fraction of sp³-hybridized carbons (Fsp3) is 0.250. The molecule has 94 valence electrons. The SMILES string of the molecule is Cc1ccc(C(O)c2ccc(Cl)c(C)c2)c(C)c1. The highest BCUT2D eigenvalue weighted by Gasteiger charge is 2.13. The monoisotopic (exact) mass is 260 g/mol. The Morgan fingerprint density at radius 2 is 1.67 bits per heavy atom. The van der Waals surface area contributed by atoms with Crippen LogP contribution in [0.25, 0.3) is 0 Å². The van der Waals surface area contributed by atoms with Crippen molar-refractivity contribution in [1.29, 1.82) is 0 Å². The van der Waals surface area contributed by atoms with Crippen molar-refractivity contribution in [3.63, 3.8) is 0 Å². The van der Waals surface area contributed by atoms with E-state index in [0.29, 0.717) is 0 Å². The Kier molecular flexibility index (Phi) is 3.74. The van der Waals surface area contributed by atoms with Gasteiger partial charge in [-0.1, -0.05) is 47.5 Å². The van der Waals surface area contributed by atoms with Gasteiger partial charge >= 0.3 is 0 Å². The molecule has 1 N–H and O–H groups in total. The van der Waals surface area contributed by atoms with Crippen LogP contribution in [0.1, 0.15) is 33.9 Å². The van der Waals surface area contributed by atoms with Crippen molar-refractivity contribution in [3.05, 3.63) is 69.2 Å². The van der Waals surface area contributed by atoms with E-state index in [9.17, 15) is 5.11 Å². The minimum absolute atomic E-state index is 0.596. The summed E-state index contributed by atoms with van der Waals surface area (Å²) in [5, 5.41) is 11.2. The number of benzene rings is 2. The average molecular weight is 261 g/mol. The van der Waals surface area contributed by atoms with Crippen molar-refractivity contribution < 1.29 is 5.11 Å². The molecule has 0 saturated carbocycles. The highest BCUT2D eigenvalue weighted by molar-refractivity contribution is 6.31. The van der Waals surface area contributed by atoms with Gasteiger partial charge in [-0.25, -0.2) is 0 Å². The maximum Gasteiger partial charge on any atom is 0.104 e. The first-order chi connectivity index (χ1) is 8.49. The van der Waals surface area contributed by atoms with Crippen LogP contribution in [0.4, 0.5) is 0 Å². The number of hydrogen-bond acceptors (Lipinski definition) is 1. The number of aliphatic hydroxyl groups is 1. The Morgan fingerprint density at radius 1 is 0.944 bits per heavy atom. The molecule has 0 aliphatic carbocycles. The second kappa shape index (κ2) is 5.13. The van der Waals surface area contributed by atoms with E-state index in [4.69, 9.17) is 11.6 Å². The van der Waals surface area contributed by atoms with Gasteiger partial charge in [0.25, 0.3) is 0 Å². The molecular formula is C16H17ClO. The molecule has 2 rings (SSSR count). The van der Waals surface area contributed by atoms with Gasteiger partial charge in [0.1, 0.15) is 6.10 Å². The molecule has 0 radical (unpaired) electrons. The van der Waals surface area contributed by atoms with Gasteiger partial charge in [-0.05, 0) is 49.1 Å². The number of rotatable bonds is 2. The zero-order valence-corrected chi connectivity index (χ0v) is 11.6. The lowest BCUT2D eigenvalue weighted by molar-refractivity contribution is 0.219. The minimum atomic E-state index is -0.596. The lowest BCUT2D eigenvalue weighted by Crippen LogP contribution is -2.02. The van der Waals surface area contributed by atoms with Crippen LogP contribution in [-0.4, -0.2) is 5.11 Å². The quantitative estimate of drug-likeness (QED) is 0.851. The number of hydrogen-bond donors (Lipinski definition) is 1. The highest BCUT2D eigenvalue weighted by Crippen LogP contribution is 2.27. The van der Waals surface area contributed by atoms with Crippen LogP contribution in [-0.2, 0) is 0 Å². The maximum absolute atomic E-state index is 10.4. The van der Waals surface area contributed by atoms with E-state index in [1.54, 1.807) is 0 Å². The summed E-state index contributed by atoms with van der Waals surface area (Å²) in [5.41, 5.74) is 5.12. The smallest absolute Gasteiger partial charge is 0.104 e. The first-order valence-electron chi connectivity index (χ1n) is 6.00. The Morgan fingerprint density at radius 3 is 2.28 bits per heavy atom. The van der Waals surface area contributed by atoms with Gasteiger partial charge in [-0.15, -0.1) is 0 Å². The molecule has 0 heterocycles. The standard InChI is InChI=1S/C16H17ClO/c1-10-4-6-14(11(2)8-10)16(18)13-5-7-15(17)12(3)9-13/h4-9,16,18H,1-3H3. The molecule has 0 spiro atoms.